The van der Waals surface area contributed by atoms with Crippen LogP contribution < -0.4 is 10.5 Å². The Morgan fingerprint density at radius 1 is 1.29 bits per heavy atom. The molecule has 3 N–H and O–H groups in total. The first-order chi connectivity index (χ1) is 9.88. The summed E-state index contributed by atoms with van der Waals surface area (Å²) in [5.74, 6) is 0.196. The molecule has 1 aliphatic heterocycles. The van der Waals surface area contributed by atoms with E-state index < -0.39 is 10.0 Å². The van der Waals surface area contributed by atoms with Gasteiger partial charge < -0.3 is 10.1 Å². The number of ether oxygens (including phenoxy) is 1. The van der Waals surface area contributed by atoms with Gasteiger partial charge in [0.1, 0.15) is 0 Å². The number of sulfonamides is 1. The zero-order valence-corrected chi connectivity index (χ0v) is 12.7. The van der Waals surface area contributed by atoms with Crippen LogP contribution in [0.3, 0.4) is 0 Å². The van der Waals surface area contributed by atoms with Crippen molar-refractivity contribution >= 4 is 15.9 Å². The van der Waals surface area contributed by atoms with Gasteiger partial charge in [-0.1, -0.05) is 0 Å². The first-order valence-electron chi connectivity index (χ1n) is 6.89. The molecule has 0 aliphatic carbocycles. The fourth-order valence-corrected chi connectivity index (χ4v) is 2.94. The van der Waals surface area contributed by atoms with Crippen molar-refractivity contribution in [1.82, 2.24) is 5.32 Å². The third-order valence-corrected chi connectivity index (χ3v) is 4.71. The lowest BCUT2D eigenvalue weighted by atomic mass is 9.93. The molecule has 0 spiro atoms. The summed E-state index contributed by atoms with van der Waals surface area (Å²) < 4.78 is 27.6. The molecule has 1 fully saturated rings. The highest BCUT2D eigenvalue weighted by Crippen LogP contribution is 2.19. The predicted molar refractivity (Wildman–Crippen MR) is 78.3 cm³/mol. The molecule has 2 rings (SSSR count). The number of carbonyl (C=O) groups is 1. The number of carbonyl (C=O) groups excluding carboxylic acids is 1. The maximum atomic E-state index is 12.1. The Bertz CT molecular complexity index is 592. The van der Waals surface area contributed by atoms with Crippen LogP contribution in [0, 0.1) is 5.92 Å². The van der Waals surface area contributed by atoms with Crippen LogP contribution in [0.2, 0.25) is 0 Å². The van der Waals surface area contributed by atoms with Crippen LogP contribution in [0.4, 0.5) is 0 Å². The van der Waals surface area contributed by atoms with Crippen LogP contribution in [0.15, 0.2) is 29.2 Å². The summed E-state index contributed by atoms with van der Waals surface area (Å²) in [6.07, 6.45) is 1.87. The van der Waals surface area contributed by atoms with Gasteiger partial charge in [-0.05, 0) is 49.9 Å². The molecule has 6 nitrogen and oxygen atoms in total. The third kappa shape index (κ3) is 4.26. The van der Waals surface area contributed by atoms with Crippen molar-refractivity contribution in [3.05, 3.63) is 29.8 Å². The van der Waals surface area contributed by atoms with E-state index in [-0.39, 0.29) is 16.8 Å². The van der Waals surface area contributed by atoms with Crippen LogP contribution in [0.25, 0.3) is 0 Å². The lowest BCUT2D eigenvalue weighted by molar-refractivity contribution is 0.0538. The number of nitrogens with two attached hydrogens (primary N) is 1. The minimum atomic E-state index is -3.73. The van der Waals surface area contributed by atoms with Gasteiger partial charge in [0.15, 0.2) is 0 Å². The number of benzene rings is 1. The number of rotatable bonds is 4. The summed E-state index contributed by atoms with van der Waals surface area (Å²) >= 11 is 0. The Balaban J connectivity index is 1.99. The van der Waals surface area contributed by atoms with Gasteiger partial charge in [-0.2, -0.15) is 0 Å². The van der Waals surface area contributed by atoms with Gasteiger partial charge in [-0.25, -0.2) is 13.6 Å². The summed E-state index contributed by atoms with van der Waals surface area (Å²) in [6.45, 7) is 3.44. The van der Waals surface area contributed by atoms with E-state index in [1.54, 1.807) is 0 Å². The van der Waals surface area contributed by atoms with Crippen molar-refractivity contribution in [2.24, 2.45) is 11.1 Å². The quantitative estimate of drug-likeness (QED) is 0.862. The second-order valence-corrected chi connectivity index (χ2v) is 6.84. The Morgan fingerprint density at radius 2 is 1.86 bits per heavy atom. The first-order valence-corrected chi connectivity index (χ1v) is 8.44. The predicted octanol–water partition coefficient (Wildman–Crippen LogP) is 0.879. The smallest absolute Gasteiger partial charge is 0.251 e. The zero-order valence-electron chi connectivity index (χ0n) is 11.9. The minimum absolute atomic E-state index is 0.00322. The average molecular weight is 312 g/mol. The molecule has 0 saturated carbocycles. The van der Waals surface area contributed by atoms with Gasteiger partial charge in [0, 0.05) is 24.8 Å². The van der Waals surface area contributed by atoms with Gasteiger partial charge >= 0.3 is 0 Å². The average Bonchev–Trinajstić information content (AvgIpc) is 2.47. The maximum Gasteiger partial charge on any atom is 0.251 e. The molecular weight excluding hydrogens is 292 g/mol. The Labute approximate surface area is 124 Å². The number of hydrogen-bond acceptors (Lipinski definition) is 4. The molecule has 1 saturated heterocycles. The molecule has 1 aromatic rings. The van der Waals surface area contributed by atoms with Gasteiger partial charge in [0.25, 0.3) is 5.91 Å². The first kappa shape index (κ1) is 15.9. The molecule has 0 aromatic heterocycles. The third-order valence-electron chi connectivity index (χ3n) is 3.78. The summed E-state index contributed by atoms with van der Waals surface area (Å²) in [5.41, 5.74) is 0.418. The monoisotopic (exact) mass is 312 g/mol. The summed E-state index contributed by atoms with van der Waals surface area (Å²) in [7, 11) is -3.73. The topological polar surface area (TPSA) is 98.5 Å². The molecule has 1 aromatic carbocycles. The second-order valence-electron chi connectivity index (χ2n) is 5.28. The van der Waals surface area contributed by atoms with Crippen molar-refractivity contribution in [3.8, 4) is 0 Å². The number of primary sulfonamides is 1. The van der Waals surface area contributed by atoms with Crippen molar-refractivity contribution in [2.45, 2.75) is 30.7 Å². The molecular formula is C14H20N2O4S. The summed E-state index contributed by atoms with van der Waals surface area (Å²) in [4.78, 5) is 12.1. The van der Waals surface area contributed by atoms with Gasteiger partial charge in [-0.15, -0.1) is 0 Å². The van der Waals surface area contributed by atoms with E-state index >= 15 is 0 Å². The van der Waals surface area contributed by atoms with Crippen molar-refractivity contribution < 1.29 is 17.9 Å². The Hall–Kier alpha value is -1.44. The fourth-order valence-electron chi connectivity index (χ4n) is 2.42. The van der Waals surface area contributed by atoms with Crippen molar-refractivity contribution in [1.29, 1.82) is 0 Å². The zero-order chi connectivity index (χ0) is 15.5. The van der Waals surface area contributed by atoms with E-state index in [0.29, 0.717) is 11.5 Å². The van der Waals surface area contributed by atoms with Gasteiger partial charge in [-0.3, -0.25) is 4.79 Å². The Kier molecular flexibility index (Phi) is 4.97. The second kappa shape index (κ2) is 6.55. The van der Waals surface area contributed by atoms with Crippen molar-refractivity contribution in [2.75, 3.05) is 13.2 Å². The molecule has 1 amide bonds. The molecule has 7 heteroatoms. The lowest BCUT2D eigenvalue weighted by Crippen LogP contribution is -2.40. The van der Waals surface area contributed by atoms with E-state index in [4.69, 9.17) is 9.88 Å². The molecule has 0 bridgehead atoms. The standard InChI is InChI=1S/C14H20N2O4S/c1-10(11-6-8-20-9-7-11)16-14(17)12-2-4-13(5-3-12)21(15,18)19/h2-5,10-11H,6-9H2,1H3,(H,16,17)(H2,15,18,19). The van der Waals surface area contributed by atoms with Gasteiger partial charge in [0.2, 0.25) is 10.0 Å². The van der Waals surface area contributed by atoms with E-state index in [2.05, 4.69) is 5.32 Å². The highest BCUT2D eigenvalue weighted by atomic mass is 32.2. The van der Waals surface area contributed by atoms with Crippen LogP contribution in [0.5, 0.6) is 0 Å². The van der Waals surface area contributed by atoms with E-state index in [0.717, 1.165) is 26.1 Å². The van der Waals surface area contributed by atoms with Crippen LogP contribution in [0.1, 0.15) is 30.1 Å². The minimum Gasteiger partial charge on any atom is -0.381 e. The Morgan fingerprint density at radius 3 is 2.38 bits per heavy atom. The number of amides is 1. The molecule has 1 atom stereocenters. The molecule has 21 heavy (non-hydrogen) atoms. The number of nitrogens with one attached hydrogen (secondary N) is 1. The lowest BCUT2D eigenvalue weighted by Gasteiger charge is -2.28. The fraction of sp³-hybridized carbons (Fsp3) is 0.500. The van der Waals surface area contributed by atoms with E-state index in [1.165, 1.54) is 24.3 Å². The molecule has 116 valence electrons. The number of hydrogen-bond donors (Lipinski definition) is 2. The van der Waals surface area contributed by atoms with Crippen molar-refractivity contribution in [3.63, 3.8) is 0 Å². The molecule has 1 unspecified atom stereocenters. The highest BCUT2D eigenvalue weighted by molar-refractivity contribution is 7.89. The highest BCUT2D eigenvalue weighted by Gasteiger charge is 2.22. The summed E-state index contributed by atoms with van der Waals surface area (Å²) in [6, 6.07) is 5.66. The van der Waals surface area contributed by atoms with Crippen LogP contribution >= 0.6 is 0 Å². The molecule has 1 heterocycles. The largest absolute Gasteiger partial charge is 0.381 e. The van der Waals surface area contributed by atoms with E-state index in [9.17, 15) is 13.2 Å². The maximum absolute atomic E-state index is 12.1. The molecule has 1 aliphatic rings. The van der Waals surface area contributed by atoms with E-state index in [1.807, 2.05) is 6.92 Å². The van der Waals surface area contributed by atoms with Crippen LogP contribution in [-0.4, -0.2) is 33.6 Å². The normalized spacial score (nSPS) is 18.2. The molecule has 0 radical (unpaired) electrons. The van der Waals surface area contributed by atoms with Gasteiger partial charge in [0.05, 0.1) is 4.90 Å². The van der Waals surface area contributed by atoms with Crippen LogP contribution in [-0.2, 0) is 14.8 Å². The SMILES string of the molecule is CC(NC(=O)c1ccc(S(N)(=O)=O)cc1)C1CCOCC1. The summed E-state index contributed by atoms with van der Waals surface area (Å²) in [5, 5.41) is 7.97.